The number of amides is 1. The summed E-state index contributed by atoms with van der Waals surface area (Å²) in [6.07, 6.45) is 11.5. The molecule has 6 rings (SSSR count). The van der Waals surface area contributed by atoms with Gasteiger partial charge in [0.2, 0.25) is 5.95 Å². The van der Waals surface area contributed by atoms with Crippen molar-refractivity contribution in [1.82, 2.24) is 15.3 Å². The molecule has 1 aromatic carbocycles. The molecule has 2 aromatic heterocycles. The molecule has 3 atom stereocenters. The molecule has 3 aliphatic rings. The van der Waals surface area contributed by atoms with E-state index in [4.69, 9.17) is 13.9 Å². The first kappa shape index (κ1) is 32.4. The third kappa shape index (κ3) is 7.68. The van der Waals surface area contributed by atoms with Gasteiger partial charge in [-0.05, 0) is 137 Å². The molecule has 0 bridgehead atoms. The summed E-state index contributed by atoms with van der Waals surface area (Å²) in [6.45, 7) is 13.9. The fourth-order valence-corrected chi connectivity index (χ4v) is 7.38. The highest BCUT2D eigenvalue weighted by molar-refractivity contribution is 5.91. The molecule has 4 heterocycles. The maximum atomic E-state index is 13.1. The predicted molar refractivity (Wildman–Crippen MR) is 181 cm³/mol. The Balaban J connectivity index is 0.982. The molecule has 1 saturated heterocycles. The highest BCUT2D eigenvalue weighted by Gasteiger charge is 2.31. The zero-order valence-electron chi connectivity index (χ0n) is 28.3. The van der Waals surface area contributed by atoms with Gasteiger partial charge in [-0.2, -0.15) is 4.98 Å². The number of nitrogens with zero attached hydrogens (tertiary/aromatic N) is 2. The first-order valence-corrected chi connectivity index (χ1v) is 17.2. The Hall–Kier alpha value is -3.59. The molecule has 248 valence electrons. The predicted octanol–water partition coefficient (Wildman–Crippen LogP) is 6.93. The molecule has 3 N–H and O–H groups in total. The summed E-state index contributed by atoms with van der Waals surface area (Å²) in [6, 6.07) is 5.65. The van der Waals surface area contributed by atoms with Gasteiger partial charge in [-0.15, -0.1) is 0 Å². The number of fused-ring (bicyclic) bond motifs is 1. The Morgan fingerprint density at radius 2 is 1.78 bits per heavy atom. The molecule has 9 nitrogen and oxygen atoms in total. The molecule has 3 unspecified atom stereocenters. The second-order valence-corrected chi connectivity index (χ2v) is 14.2. The minimum Gasteiger partial charge on any atom is -0.487 e. The average Bonchev–Trinajstić information content (AvgIpc) is 3.75. The van der Waals surface area contributed by atoms with Gasteiger partial charge < -0.3 is 29.8 Å². The molecule has 2 aliphatic heterocycles. The summed E-state index contributed by atoms with van der Waals surface area (Å²) < 4.78 is 18.2. The molecule has 46 heavy (non-hydrogen) atoms. The lowest BCUT2D eigenvalue weighted by Gasteiger charge is -2.35. The van der Waals surface area contributed by atoms with E-state index in [1.165, 1.54) is 34.2 Å². The Kier molecular flexibility index (Phi) is 9.87. The SMILES string of the molecule is Cc1c(C)c2c(c(C)c1Cc1ccc(C(=O)NCC3CCCC(CNc4nccc(NCC5CCCO5)n4)C3)o1)CCC(C)(C)O2. The topological polar surface area (TPSA) is 111 Å². The quantitative estimate of drug-likeness (QED) is 0.210. The second-order valence-electron chi connectivity index (χ2n) is 14.2. The zero-order chi connectivity index (χ0) is 32.3. The summed E-state index contributed by atoms with van der Waals surface area (Å²) >= 11 is 0. The van der Waals surface area contributed by atoms with Crippen LogP contribution in [0.1, 0.15) is 103 Å². The molecule has 0 spiro atoms. The summed E-state index contributed by atoms with van der Waals surface area (Å²) in [7, 11) is 0. The Labute approximate surface area is 273 Å². The number of ether oxygens (including phenoxy) is 2. The number of carbonyl (C=O) groups is 1. The van der Waals surface area contributed by atoms with Crippen LogP contribution in [0.5, 0.6) is 5.75 Å². The molecular formula is C37H51N5O4. The number of hydrogen-bond donors (Lipinski definition) is 3. The van der Waals surface area contributed by atoms with Gasteiger partial charge in [0.05, 0.1) is 6.10 Å². The lowest BCUT2D eigenvalue weighted by Crippen LogP contribution is -2.33. The molecule has 2 fully saturated rings. The molecule has 1 amide bonds. The van der Waals surface area contributed by atoms with Gasteiger partial charge in [-0.25, -0.2) is 4.98 Å². The van der Waals surface area contributed by atoms with Crippen molar-refractivity contribution in [1.29, 1.82) is 0 Å². The van der Waals surface area contributed by atoms with Crippen LogP contribution in [0.2, 0.25) is 0 Å². The summed E-state index contributed by atoms with van der Waals surface area (Å²) in [5.74, 6) is 4.52. The van der Waals surface area contributed by atoms with Crippen LogP contribution >= 0.6 is 0 Å². The minimum atomic E-state index is -0.141. The summed E-state index contributed by atoms with van der Waals surface area (Å²) in [5.41, 5.74) is 6.17. The molecule has 3 aromatic rings. The monoisotopic (exact) mass is 629 g/mol. The van der Waals surface area contributed by atoms with Crippen molar-refractivity contribution in [3.63, 3.8) is 0 Å². The van der Waals surface area contributed by atoms with Crippen molar-refractivity contribution in [2.45, 2.75) is 104 Å². The van der Waals surface area contributed by atoms with Gasteiger partial charge in [0.15, 0.2) is 5.76 Å². The van der Waals surface area contributed by atoms with E-state index in [-0.39, 0.29) is 17.6 Å². The first-order valence-electron chi connectivity index (χ1n) is 17.2. The third-order valence-corrected chi connectivity index (χ3v) is 10.3. The van der Waals surface area contributed by atoms with Crippen molar-refractivity contribution >= 4 is 17.7 Å². The number of nitrogens with one attached hydrogen (secondary N) is 3. The van der Waals surface area contributed by atoms with Gasteiger partial charge >= 0.3 is 0 Å². The van der Waals surface area contributed by atoms with Gasteiger partial charge in [0, 0.05) is 38.9 Å². The lowest BCUT2D eigenvalue weighted by atomic mass is 9.81. The van der Waals surface area contributed by atoms with Crippen molar-refractivity contribution in [2.75, 3.05) is 36.9 Å². The number of carbonyl (C=O) groups excluding carboxylic acids is 1. The third-order valence-electron chi connectivity index (χ3n) is 10.3. The van der Waals surface area contributed by atoms with E-state index < -0.39 is 0 Å². The molecule has 9 heteroatoms. The van der Waals surface area contributed by atoms with Crippen LogP contribution in [-0.2, 0) is 17.6 Å². The van der Waals surface area contributed by atoms with Crippen molar-refractivity contribution in [2.24, 2.45) is 11.8 Å². The highest BCUT2D eigenvalue weighted by atomic mass is 16.5. The van der Waals surface area contributed by atoms with Gasteiger partial charge in [0.1, 0.15) is 22.9 Å². The minimum absolute atomic E-state index is 0.138. The van der Waals surface area contributed by atoms with Crippen molar-refractivity contribution < 1.29 is 18.7 Å². The number of aromatic nitrogens is 2. The molecule has 0 radical (unpaired) electrons. The smallest absolute Gasteiger partial charge is 0.287 e. The Morgan fingerprint density at radius 1 is 0.957 bits per heavy atom. The van der Waals surface area contributed by atoms with E-state index >= 15 is 0 Å². The maximum absolute atomic E-state index is 13.1. The highest BCUT2D eigenvalue weighted by Crippen LogP contribution is 2.41. The Bertz CT molecular complexity index is 1530. The van der Waals surface area contributed by atoms with Crippen molar-refractivity contribution in [3.8, 4) is 5.75 Å². The van der Waals surface area contributed by atoms with Crippen LogP contribution in [0.25, 0.3) is 0 Å². The zero-order valence-corrected chi connectivity index (χ0v) is 28.3. The number of anilines is 2. The molecular weight excluding hydrogens is 578 g/mol. The van der Waals surface area contributed by atoms with Crippen LogP contribution in [0.15, 0.2) is 28.8 Å². The normalized spacial score (nSPS) is 22.2. The van der Waals surface area contributed by atoms with Crippen LogP contribution in [0, 0.1) is 32.6 Å². The molecule has 1 saturated carbocycles. The first-order chi connectivity index (χ1) is 22.1. The number of rotatable bonds is 11. The van der Waals surface area contributed by atoms with E-state index in [1.54, 1.807) is 6.20 Å². The van der Waals surface area contributed by atoms with Crippen molar-refractivity contribution in [3.05, 3.63) is 63.7 Å². The summed E-state index contributed by atoms with van der Waals surface area (Å²) in [4.78, 5) is 22.1. The number of hydrogen-bond acceptors (Lipinski definition) is 8. The maximum Gasteiger partial charge on any atom is 0.287 e. The van der Waals surface area contributed by atoms with E-state index in [2.05, 4.69) is 60.5 Å². The number of benzene rings is 1. The van der Waals surface area contributed by atoms with Crippen LogP contribution in [-0.4, -0.2) is 53.8 Å². The largest absolute Gasteiger partial charge is 0.487 e. The van der Waals surface area contributed by atoms with E-state index in [0.717, 1.165) is 82.0 Å². The van der Waals surface area contributed by atoms with E-state index in [1.807, 2.05) is 18.2 Å². The average molecular weight is 630 g/mol. The van der Waals surface area contributed by atoms with Gasteiger partial charge in [-0.1, -0.05) is 6.42 Å². The summed E-state index contributed by atoms with van der Waals surface area (Å²) in [5, 5.41) is 9.98. The van der Waals surface area contributed by atoms with Crippen LogP contribution in [0.3, 0.4) is 0 Å². The van der Waals surface area contributed by atoms with Gasteiger partial charge in [-0.3, -0.25) is 4.79 Å². The van der Waals surface area contributed by atoms with E-state index in [9.17, 15) is 4.79 Å². The fourth-order valence-electron chi connectivity index (χ4n) is 7.38. The van der Waals surface area contributed by atoms with Crippen LogP contribution < -0.4 is 20.7 Å². The van der Waals surface area contributed by atoms with Gasteiger partial charge in [0.25, 0.3) is 5.91 Å². The van der Waals surface area contributed by atoms with Crippen LogP contribution in [0.4, 0.5) is 11.8 Å². The van der Waals surface area contributed by atoms with E-state index in [0.29, 0.717) is 36.5 Å². The Morgan fingerprint density at radius 3 is 2.59 bits per heavy atom. The number of furan rings is 1. The lowest BCUT2D eigenvalue weighted by molar-refractivity contribution is 0.0833. The second kappa shape index (κ2) is 14.0. The standard InChI is InChI=1S/C37H51N5O4/c1-23-24(2)34-30(13-15-37(4,5)46-34)25(3)31(23)19-28-11-12-32(45-28)35(43)40-20-26-8-6-9-27(18-26)21-41-36-38-16-14-33(42-36)39-22-29-10-7-17-44-29/h11-12,14,16,26-27,29H,6-10,13,15,17-22H2,1-5H3,(H,40,43)(H2,38,39,41,42). The fraction of sp³-hybridized carbons (Fsp3) is 0.595. The molecule has 1 aliphatic carbocycles.